The molecule has 24 heavy (non-hydrogen) atoms. The first-order valence-corrected chi connectivity index (χ1v) is 9.15. The normalized spacial score (nSPS) is 25.5. The van der Waals surface area contributed by atoms with Gasteiger partial charge in [0.15, 0.2) is 0 Å². The average Bonchev–Trinajstić information content (AvgIpc) is 2.87. The van der Waals surface area contributed by atoms with E-state index < -0.39 is 0 Å². The van der Waals surface area contributed by atoms with Crippen molar-refractivity contribution in [2.24, 2.45) is 0 Å². The zero-order valence-electron chi connectivity index (χ0n) is 13.3. The number of halogens is 1. The Morgan fingerprint density at radius 3 is 2.46 bits per heavy atom. The molecule has 5 heteroatoms. The molecule has 0 radical (unpaired) electrons. The van der Waals surface area contributed by atoms with E-state index >= 15 is 0 Å². The molecule has 1 aromatic heterocycles. The molecule has 0 N–H and O–H groups in total. The van der Waals surface area contributed by atoms with E-state index in [2.05, 4.69) is 25.8 Å². The average molecular weight is 387 g/mol. The first-order chi connectivity index (χ1) is 11.7. The number of aromatic nitrogens is 1. The van der Waals surface area contributed by atoms with Gasteiger partial charge in [0.1, 0.15) is 11.9 Å². The van der Waals surface area contributed by atoms with Gasteiger partial charge in [-0.2, -0.15) is 0 Å². The van der Waals surface area contributed by atoms with E-state index in [0.717, 1.165) is 41.5 Å². The SMILES string of the molecule is O=C(c1ccc(Br)cc1)N1C2CCC1CC(Oc1cccnc1)C2. The predicted molar refractivity (Wildman–Crippen MR) is 95.0 cm³/mol. The lowest BCUT2D eigenvalue weighted by Gasteiger charge is -2.39. The minimum atomic E-state index is 0.148. The lowest BCUT2D eigenvalue weighted by molar-refractivity contribution is 0.0358. The summed E-state index contributed by atoms with van der Waals surface area (Å²) in [6.07, 6.45) is 7.60. The van der Waals surface area contributed by atoms with Crippen LogP contribution in [0.15, 0.2) is 53.3 Å². The molecule has 0 aliphatic carbocycles. The van der Waals surface area contributed by atoms with Crippen LogP contribution in [-0.4, -0.2) is 34.0 Å². The van der Waals surface area contributed by atoms with Gasteiger partial charge >= 0.3 is 0 Å². The fourth-order valence-corrected chi connectivity index (χ4v) is 4.17. The topological polar surface area (TPSA) is 42.4 Å². The van der Waals surface area contributed by atoms with Crippen LogP contribution in [0.1, 0.15) is 36.0 Å². The number of hydrogen-bond acceptors (Lipinski definition) is 3. The molecule has 2 fully saturated rings. The molecule has 3 heterocycles. The van der Waals surface area contributed by atoms with Gasteiger partial charge in [-0.05, 0) is 49.2 Å². The molecule has 2 atom stereocenters. The van der Waals surface area contributed by atoms with Crippen LogP contribution in [0, 0.1) is 0 Å². The Morgan fingerprint density at radius 2 is 1.83 bits per heavy atom. The van der Waals surface area contributed by atoms with Crippen LogP contribution < -0.4 is 4.74 Å². The Labute approximate surface area is 150 Å². The van der Waals surface area contributed by atoms with E-state index in [4.69, 9.17) is 4.74 Å². The first-order valence-electron chi connectivity index (χ1n) is 8.35. The van der Waals surface area contributed by atoms with E-state index in [0.29, 0.717) is 0 Å². The van der Waals surface area contributed by atoms with Crippen LogP contribution in [0.25, 0.3) is 0 Å². The molecule has 1 amide bonds. The molecule has 0 saturated carbocycles. The van der Waals surface area contributed by atoms with Crippen molar-refractivity contribution < 1.29 is 9.53 Å². The van der Waals surface area contributed by atoms with Gasteiger partial charge in [0, 0.05) is 41.2 Å². The highest BCUT2D eigenvalue weighted by atomic mass is 79.9. The number of carbonyl (C=O) groups excluding carboxylic acids is 1. The third kappa shape index (κ3) is 3.05. The molecule has 2 aromatic rings. The van der Waals surface area contributed by atoms with Gasteiger partial charge in [-0.1, -0.05) is 15.9 Å². The number of fused-ring (bicyclic) bond motifs is 2. The molecule has 2 saturated heterocycles. The second-order valence-electron chi connectivity index (χ2n) is 6.50. The number of rotatable bonds is 3. The van der Waals surface area contributed by atoms with E-state index in [-0.39, 0.29) is 24.1 Å². The molecule has 4 nitrogen and oxygen atoms in total. The highest BCUT2D eigenvalue weighted by molar-refractivity contribution is 9.10. The number of amides is 1. The van der Waals surface area contributed by atoms with Crippen molar-refractivity contribution in [1.29, 1.82) is 0 Å². The van der Waals surface area contributed by atoms with E-state index in [1.807, 2.05) is 36.4 Å². The van der Waals surface area contributed by atoms with Crippen LogP contribution in [0.4, 0.5) is 0 Å². The van der Waals surface area contributed by atoms with Crippen molar-refractivity contribution in [2.75, 3.05) is 0 Å². The summed E-state index contributed by atoms with van der Waals surface area (Å²) < 4.78 is 7.07. The lowest BCUT2D eigenvalue weighted by Crippen LogP contribution is -2.49. The number of hydrogen-bond donors (Lipinski definition) is 0. The molecule has 2 unspecified atom stereocenters. The molecular weight excluding hydrogens is 368 g/mol. The van der Waals surface area contributed by atoms with Gasteiger partial charge in [0.25, 0.3) is 5.91 Å². The van der Waals surface area contributed by atoms with Gasteiger partial charge in [-0.25, -0.2) is 0 Å². The third-order valence-corrected chi connectivity index (χ3v) is 5.48. The fraction of sp³-hybridized carbons (Fsp3) is 0.368. The van der Waals surface area contributed by atoms with Gasteiger partial charge in [-0.15, -0.1) is 0 Å². The number of nitrogens with zero attached hydrogens (tertiary/aromatic N) is 2. The maximum atomic E-state index is 12.9. The van der Waals surface area contributed by atoms with Crippen molar-refractivity contribution in [3.05, 3.63) is 58.8 Å². The van der Waals surface area contributed by atoms with Crippen LogP contribution in [0.5, 0.6) is 5.75 Å². The molecule has 1 aromatic carbocycles. The zero-order chi connectivity index (χ0) is 16.5. The van der Waals surface area contributed by atoms with Crippen LogP contribution in [0.3, 0.4) is 0 Å². The third-order valence-electron chi connectivity index (χ3n) is 4.95. The van der Waals surface area contributed by atoms with E-state index in [9.17, 15) is 4.79 Å². The Balaban J connectivity index is 1.47. The summed E-state index contributed by atoms with van der Waals surface area (Å²) in [5.74, 6) is 0.962. The number of piperidine rings is 1. The largest absolute Gasteiger partial charge is 0.489 e. The van der Waals surface area contributed by atoms with Gasteiger partial charge in [0.05, 0.1) is 6.20 Å². The summed E-state index contributed by atoms with van der Waals surface area (Å²) in [5.41, 5.74) is 0.765. The van der Waals surface area contributed by atoms with Crippen molar-refractivity contribution in [3.8, 4) is 5.75 Å². The van der Waals surface area contributed by atoms with Crippen LogP contribution >= 0.6 is 15.9 Å². The van der Waals surface area contributed by atoms with E-state index in [1.54, 1.807) is 12.4 Å². The molecule has 2 aliphatic rings. The molecule has 2 aliphatic heterocycles. The number of ether oxygens (including phenoxy) is 1. The minimum Gasteiger partial charge on any atom is -0.489 e. The summed E-state index contributed by atoms with van der Waals surface area (Å²) >= 11 is 3.42. The summed E-state index contributed by atoms with van der Waals surface area (Å²) in [6, 6.07) is 12.0. The monoisotopic (exact) mass is 386 g/mol. The number of carbonyl (C=O) groups is 1. The summed E-state index contributed by atoms with van der Waals surface area (Å²) in [4.78, 5) is 19.1. The van der Waals surface area contributed by atoms with Crippen LogP contribution in [-0.2, 0) is 0 Å². The Bertz CT molecular complexity index is 706. The Kier molecular flexibility index (Phi) is 4.27. The van der Waals surface area contributed by atoms with E-state index in [1.165, 1.54) is 0 Å². The van der Waals surface area contributed by atoms with Crippen molar-refractivity contribution in [1.82, 2.24) is 9.88 Å². The molecular formula is C19H19BrN2O2. The van der Waals surface area contributed by atoms with Crippen LogP contribution in [0.2, 0.25) is 0 Å². The molecule has 0 spiro atoms. The van der Waals surface area contributed by atoms with Crippen molar-refractivity contribution >= 4 is 21.8 Å². The molecule has 4 rings (SSSR count). The maximum Gasteiger partial charge on any atom is 0.254 e. The van der Waals surface area contributed by atoms with Gasteiger partial charge in [0.2, 0.25) is 0 Å². The van der Waals surface area contributed by atoms with Gasteiger partial charge in [-0.3, -0.25) is 9.78 Å². The highest BCUT2D eigenvalue weighted by Gasteiger charge is 2.44. The van der Waals surface area contributed by atoms with Crippen molar-refractivity contribution in [2.45, 2.75) is 43.9 Å². The fourth-order valence-electron chi connectivity index (χ4n) is 3.91. The lowest BCUT2D eigenvalue weighted by atomic mass is 9.98. The Morgan fingerprint density at radius 1 is 1.12 bits per heavy atom. The molecule has 124 valence electrons. The summed E-state index contributed by atoms with van der Waals surface area (Å²) in [7, 11) is 0. The highest BCUT2D eigenvalue weighted by Crippen LogP contribution is 2.38. The second-order valence-corrected chi connectivity index (χ2v) is 7.42. The summed E-state index contributed by atoms with van der Waals surface area (Å²) in [5, 5.41) is 0. The smallest absolute Gasteiger partial charge is 0.254 e. The zero-order valence-corrected chi connectivity index (χ0v) is 14.9. The quantitative estimate of drug-likeness (QED) is 0.798. The van der Waals surface area contributed by atoms with Crippen molar-refractivity contribution in [3.63, 3.8) is 0 Å². The number of benzene rings is 1. The minimum absolute atomic E-state index is 0.148. The Hall–Kier alpha value is -1.88. The maximum absolute atomic E-state index is 12.9. The first kappa shape index (κ1) is 15.6. The number of pyridine rings is 1. The van der Waals surface area contributed by atoms with Gasteiger partial charge < -0.3 is 9.64 Å². The molecule has 2 bridgehead atoms. The second kappa shape index (κ2) is 6.55. The predicted octanol–water partition coefficient (Wildman–Crippen LogP) is 4.06. The summed E-state index contributed by atoms with van der Waals surface area (Å²) in [6.45, 7) is 0. The standard InChI is InChI=1S/C19H19BrN2O2/c20-14-5-3-13(4-6-14)19(23)22-15-7-8-16(22)11-18(10-15)24-17-2-1-9-21-12-17/h1-6,9,12,15-16,18H,7-8,10-11H2.